The van der Waals surface area contributed by atoms with Gasteiger partial charge in [-0.3, -0.25) is 9.79 Å². The van der Waals surface area contributed by atoms with Crippen molar-refractivity contribution in [2.45, 2.75) is 6.54 Å². The maximum atomic E-state index is 13.6. The predicted molar refractivity (Wildman–Crippen MR) is 99.2 cm³/mol. The van der Waals surface area contributed by atoms with Crippen LogP contribution in [0.5, 0.6) is 0 Å². The summed E-state index contributed by atoms with van der Waals surface area (Å²) in [5.74, 6) is -4.65. The van der Waals surface area contributed by atoms with Crippen LogP contribution in [0.2, 0.25) is 5.02 Å². The van der Waals surface area contributed by atoms with Gasteiger partial charge in [0.05, 0.1) is 12.2 Å². The average Bonchev–Trinajstić information content (AvgIpc) is 2.63. The van der Waals surface area contributed by atoms with E-state index < -0.39 is 29.0 Å². The first-order chi connectivity index (χ1) is 12.8. The first-order valence-electron chi connectivity index (χ1n) is 7.91. The van der Waals surface area contributed by atoms with Gasteiger partial charge in [-0.25, -0.2) is 13.2 Å². The van der Waals surface area contributed by atoms with Gasteiger partial charge in [-0.05, 0) is 29.8 Å². The van der Waals surface area contributed by atoms with E-state index in [4.69, 9.17) is 11.6 Å². The zero-order chi connectivity index (χ0) is 20.0. The number of carbonyl (C=O) groups is 1. The zero-order valence-corrected chi connectivity index (χ0v) is 15.4. The van der Waals surface area contributed by atoms with E-state index in [1.54, 1.807) is 25.1 Å². The van der Waals surface area contributed by atoms with Crippen LogP contribution < -0.4 is 10.6 Å². The number of hydrogen-bond donors (Lipinski definition) is 2. The summed E-state index contributed by atoms with van der Waals surface area (Å²) < 4.78 is 39.7. The number of halogens is 4. The van der Waals surface area contributed by atoms with Gasteiger partial charge in [0.1, 0.15) is 0 Å². The Labute approximate surface area is 159 Å². The Hall–Kier alpha value is -2.74. The lowest BCUT2D eigenvalue weighted by Crippen LogP contribution is -2.42. The Morgan fingerprint density at radius 3 is 2.59 bits per heavy atom. The Morgan fingerprint density at radius 1 is 1.19 bits per heavy atom. The third kappa shape index (κ3) is 5.62. The lowest BCUT2D eigenvalue weighted by atomic mass is 10.2. The SMILES string of the molecule is CN=C(NCC(=O)Nc1ccc(F)c(F)c1F)N(C)Cc1cccc(Cl)c1. The first kappa shape index (κ1) is 20.6. The second kappa shape index (κ2) is 9.27. The van der Waals surface area contributed by atoms with Crippen molar-refractivity contribution < 1.29 is 18.0 Å². The van der Waals surface area contributed by atoms with Crippen molar-refractivity contribution in [2.75, 3.05) is 26.0 Å². The predicted octanol–water partition coefficient (Wildman–Crippen LogP) is 3.40. The van der Waals surface area contributed by atoms with E-state index in [1.165, 1.54) is 0 Å². The van der Waals surface area contributed by atoms with Gasteiger partial charge in [0.2, 0.25) is 5.91 Å². The highest BCUT2D eigenvalue weighted by Crippen LogP contribution is 2.19. The van der Waals surface area contributed by atoms with E-state index in [0.717, 1.165) is 17.7 Å². The largest absolute Gasteiger partial charge is 0.347 e. The minimum atomic E-state index is -1.64. The van der Waals surface area contributed by atoms with Crippen molar-refractivity contribution in [3.05, 3.63) is 64.4 Å². The average molecular weight is 399 g/mol. The molecule has 0 bridgehead atoms. The van der Waals surface area contributed by atoms with Crippen LogP contribution in [-0.4, -0.2) is 37.4 Å². The van der Waals surface area contributed by atoms with Gasteiger partial charge in [-0.15, -0.1) is 0 Å². The molecule has 5 nitrogen and oxygen atoms in total. The number of anilines is 1. The first-order valence-corrected chi connectivity index (χ1v) is 8.29. The Kier molecular flexibility index (Phi) is 7.06. The fourth-order valence-corrected chi connectivity index (χ4v) is 2.56. The molecule has 9 heteroatoms. The van der Waals surface area contributed by atoms with Crippen molar-refractivity contribution in [1.29, 1.82) is 0 Å². The third-order valence-corrected chi connectivity index (χ3v) is 3.83. The summed E-state index contributed by atoms with van der Waals surface area (Å²) in [5, 5.41) is 5.60. The summed E-state index contributed by atoms with van der Waals surface area (Å²) in [4.78, 5) is 17.8. The number of hydrogen-bond acceptors (Lipinski definition) is 2. The standard InChI is InChI=1S/C18H18ClF3N4O/c1-23-18(26(2)10-11-4-3-5-12(19)8-11)24-9-15(27)25-14-7-6-13(20)16(21)17(14)22/h3-8H,9-10H2,1-2H3,(H,23,24)(H,25,27). The Morgan fingerprint density at radius 2 is 1.93 bits per heavy atom. The second-order valence-corrected chi connectivity index (χ2v) is 6.09. The van der Waals surface area contributed by atoms with E-state index in [9.17, 15) is 18.0 Å². The number of rotatable bonds is 5. The van der Waals surface area contributed by atoms with Crippen LogP contribution in [0, 0.1) is 17.5 Å². The van der Waals surface area contributed by atoms with Crippen LogP contribution in [0.4, 0.5) is 18.9 Å². The van der Waals surface area contributed by atoms with Crippen LogP contribution in [0.15, 0.2) is 41.4 Å². The highest BCUT2D eigenvalue weighted by molar-refractivity contribution is 6.30. The maximum Gasteiger partial charge on any atom is 0.243 e. The van der Waals surface area contributed by atoms with Crippen LogP contribution in [-0.2, 0) is 11.3 Å². The van der Waals surface area contributed by atoms with Gasteiger partial charge in [-0.2, -0.15) is 0 Å². The lowest BCUT2D eigenvalue weighted by Gasteiger charge is -2.22. The number of nitrogens with zero attached hydrogens (tertiary/aromatic N) is 2. The number of benzene rings is 2. The molecule has 0 radical (unpaired) electrons. The molecular weight excluding hydrogens is 381 g/mol. The van der Waals surface area contributed by atoms with E-state index in [-0.39, 0.29) is 6.54 Å². The molecule has 2 rings (SSSR count). The number of aliphatic imine (C=N–C) groups is 1. The second-order valence-electron chi connectivity index (χ2n) is 5.66. The van der Waals surface area contributed by atoms with Gasteiger partial charge < -0.3 is 15.5 Å². The van der Waals surface area contributed by atoms with Crippen LogP contribution in [0.1, 0.15) is 5.56 Å². The molecule has 0 aromatic heterocycles. The van der Waals surface area contributed by atoms with E-state index >= 15 is 0 Å². The molecule has 0 saturated heterocycles. The molecule has 0 aliphatic heterocycles. The summed E-state index contributed by atoms with van der Waals surface area (Å²) in [6.45, 7) is 0.241. The molecule has 0 spiro atoms. The van der Waals surface area contributed by atoms with Gasteiger partial charge >= 0.3 is 0 Å². The molecule has 27 heavy (non-hydrogen) atoms. The zero-order valence-electron chi connectivity index (χ0n) is 14.7. The monoisotopic (exact) mass is 398 g/mol. The summed E-state index contributed by atoms with van der Waals surface area (Å²) in [6.07, 6.45) is 0. The Balaban J connectivity index is 1.93. The summed E-state index contributed by atoms with van der Waals surface area (Å²) in [5.41, 5.74) is 0.504. The minimum absolute atomic E-state index is 0.245. The summed E-state index contributed by atoms with van der Waals surface area (Å²) in [6, 6.07) is 8.98. The topological polar surface area (TPSA) is 56.7 Å². The lowest BCUT2D eigenvalue weighted by molar-refractivity contribution is -0.115. The third-order valence-electron chi connectivity index (χ3n) is 3.60. The quantitative estimate of drug-likeness (QED) is 0.461. The molecule has 0 aliphatic rings. The minimum Gasteiger partial charge on any atom is -0.347 e. The van der Waals surface area contributed by atoms with Crippen LogP contribution in [0.3, 0.4) is 0 Å². The van der Waals surface area contributed by atoms with Gasteiger partial charge in [-0.1, -0.05) is 23.7 Å². The van der Waals surface area contributed by atoms with Gasteiger partial charge in [0.15, 0.2) is 23.4 Å². The molecule has 2 aromatic rings. The van der Waals surface area contributed by atoms with E-state index in [2.05, 4.69) is 15.6 Å². The van der Waals surface area contributed by atoms with Crippen molar-refractivity contribution in [1.82, 2.24) is 10.2 Å². The van der Waals surface area contributed by atoms with E-state index in [0.29, 0.717) is 17.5 Å². The number of carbonyl (C=O) groups excluding carboxylic acids is 1. The molecule has 0 unspecified atom stereocenters. The normalized spacial score (nSPS) is 11.3. The highest BCUT2D eigenvalue weighted by Gasteiger charge is 2.16. The van der Waals surface area contributed by atoms with Crippen LogP contribution in [0.25, 0.3) is 0 Å². The fraction of sp³-hybridized carbons (Fsp3) is 0.222. The summed E-state index contributed by atoms with van der Waals surface area (Å²) >= 11 is 5.96. The molecule has 0 heterocycles. The molecule has 2 N–H and O–H groups in total. The smallest absolute Gasteiger partial charge is 0.243 e. The molecular formula is C18H18ClF3N4O. The van der Waals surface area contributed by atoms with Crippen molar-refractivity contribution >= 4 is 29.2 Å². The van der Waals surface area contributed by atoms with Crippen molar-refractivity contribution in [3.63, 3.8) is 0 Å². The molecule has 1 amide bonds. The fourth-order valence-electron chi connectivity index (χ4n) is 2.34. The molecule has 0 fully saturated rings. The van der Waals surface area contributed by atoms with Crippen molar-refractivity contribution in [3.8, 4) is 0 Å². The molecule has 2 aromatic carbocycles. The Bertz CT molecular complexity index is 860. The van der Waals surface area contributed by atoms with Crippen molar-refractivity contribution in [2.24, 2.45) is 4.99 Å². The van der Waals surface area contributed by atoms with Gasteiger partial charge in [0.25, 0.3) is 0 Å². The van der Waals surface area contributed by atoms with E-state index in [1.807, 2.05) is 18.2 Å². The summed E-state index contributed by atoms with van der Waals surface area (Å²) in [7, 11) is 3.31. The van der Waals surface area contributed by atoms with Gasteiger partial charge in [0, 0.05) is 25.7 Å². The molecule has 0 saturated carbocycles. The van der Waals surface area contributed by atoms with Crippen LogP contribution >= 0.6 is 11.6 Å². The number of nitrogens with one attached hydrogen (secondary N) is 2. The number of guanidine groups is 1. The highest BCUT2D eigenvalue weighted by atomic mass is 35.5. The molecule has 0 atom stereocenters. The number of amides is 1. The molecule has 144 valence electrons. The maximum absolute atomic E-state index is 13.6. The molecule has 0 aliphatic carbocycles.